The van der Waals surface area contributed by atoms with Crippen LogP contribution in [0.5, 0.6) is 0 Å². The number of carbonyl (C=O) groups is 3. The number of hydrogen-bond donors (Lipinski definition) is 0. The average Bonchev–Trinajstić information content (AvgIpc) is 3.48. The number of benzene rings is 2. The number of imide groups is 1. The molecule has 4 atom stereocenters. The van der Waals surface area contributed by atoms with Crippen LogP contribution in [0.15, 0.2) is 42.5 Å². The fourth-order valence-corrected chi connectivity index (χ4v) is 6.77. The highest BCUT2D eigenvalue weighted by molar-refractivity contribution is 6.26. The molecule has 1 spiro atoms. The van der Waals surface area contributed by atoms with Crippen LogP contribution in [0.2, 0.25) is 0 Å². The number of aryl methyl sites for hydroxylation is 2. The van der Waals surface area contributed by atoms with Crippen molar-refractivity contribution in [3.05, 3.63) is 59.2 Å². The molecule has 3 amide bonds. The highest BCUT2D eigenvalue weighted by Crippen LogP contribution is 2.61. The number of fused-ring (bicyclic) bond motifs is 7. The third kappa shape index (κ3) is 2.11. The number of amides is 3. The maximum atomic E-state index is 14.1. The van der Waals surface area contributed by atoms with Crippen molar-refractivity contribution in [2.75, 3.05) is 22.9 Å². The standard InChI is InChI=1S/C26H27N3O3/c1-4-27-19-9-6-5-8-18(19)26(25(27)32)22-21(20-10-7-13-28(20)26)23(30)29(24(22)31)17-12-11-15(2)16(3)14-17/h5-6,8-9,11-12,14,20-22H,4,7,10,13H2,1-3H3/t20-,21-,22-,26-/m1/s1. The predicted molar refractivity (Wildman–Crippen MR) is 121 cm³/mol. The molecule has 4 aliphatic heterocycles. The Bertz CT molecular complexity index is 1190. The molecule has 6 rings (SSSR count). The predicted octanol–water partition coefficient (Wildman–Crippen LogP) is 3.15. The summed E-state index contributed by atoms with van der Waals surface area (Å²) in [5, 5.41) is 0. The number of rotatable bonds is 2. The highest BCUT2D eigenvalue weighted by Gasteiger charge is 2.75. The minimum absolute atomic E-state index is 0.0521. The lowest BCUT2D eigenvalue weighted by molar-refractivity contribution is -0.137. The summed E-state index contributed by atoms with van der Waals surface area (Å²) < 4.78 is 0. The molecule has 6 heteroatoms. The Morgan fingerprint density at radius 1 is 1.00 bits per heavy atom. The Hall–Kier alpha value is -2.99. The molecule has 4 aliphatic rings. The second kappa shape index (κ2) is 6.51. The number of likely N-dealkylation sites (N-methyl/N-ethyl adjacent to an activating group) is 1. The first kappa shape index (κ1) is 19.7. The van der Waals surface area contributed by atoms with Crippen LogP contribution < -0.4 is 9.80 Å². The van der Waals surface area contributed by atoms with E-state index in [-0.39, 0.29) is 23.8 Å². The van der Waals surface area contributed by atoms with E-state index < -0.39 is 17.4 Å². The first-order valence-electron chi connectivity index (χ1n) is 11.6. The summed E-state index contributed by atoms with van der Waals surface area (Å²) in [6.07, 6.45) is 1.77. The van der Waals surface area contributed by atoms with Crippen molar-refractivity contribution in [1.29, 1.82) is 0 Å². The summed E-state index contributed by atoms with van der Waals surface area (Å²) in [6.45, 7) is 7.24. The normalized spacial score (nSPS) is 31.1. The van der Waals surface area contributed by atoms with Crippen LogP contribution in [0.1, 0.15) is 36.5 Å². The van der Waals surface area contributed by atoms with E-state index in [2.05, 4.69) is 4.90 Å². The summed E-state index contributed by atoms with van der Waals surface area (Å²) >= 11 is 0. The Labute approximate surface area is 187 Å². The van der Waals surface area contributed by atoms with E-state index in [1.165, 1.54) is 4.90 Å². The molecule has 164 valence electrons. The van der Waals surface area contributed by atoms with Gasteiger partial charge in [-0.25, -0.2) is 4.90 Å². The van der Waals surface area contributed by atoms with Crippen molar-refractivity contribution >= 4 is 29.1 Å². The van der Waals surface area contributed by atoms with Gasteiger partial charge < -0.3 is 4.90 Å². The van der Waals surface area contributed by atoms with Crippen molar-refractivity contribution in [3.8, 4) is 0 Å². The zero-order valence-corrected chi connectivity index (χ0v) is 18.7. The third-order valence-corrected chi connectivity index (χ3v) is 8.21. The third-order valence-electron chi connectivity index (χ3n) is 8.21. The SMILES string of the molecule is CCN1C(=O)[C@@]2(c3ccccc31)[C@H]1C(=O)N(c3ccc(C)c(C)c3)C(=O)[C@@H]1[C@H]1CCCN12. The topological polar surface area (TPSA) is 60.9 Å². The smallest absolute Gasteiger partial charge is 0.253 e. The molecular formula is C26H27N3O3. The summed E-state index contributed by atoms with van der Waals surface area (Å²) in [7, 11) is 0. The van der Waals surface area contributed by atoms with Gasteiger partial charge in [-0.1, -0.05) is 24.3 Å². The van der Waals surface area contributed by atoms with E-state index in [0.717, 1.165) is 41.8 Å². The lowest BCUT2D eigenvalue weighted by atomic mass is 9.75. The Balaban J connectivity index is 1.56. The number of carbonyl (C=O) groups excluding carboxylic acids is 3. The summed E-state index contributed by atoms with van der Waals surface area (Å²) in [4.78, 5) is 47.3. The Morgan fingerprint density at radius 2 is 1.78 bits per heavy atom. The van der Waals surface area contributed by atoms with Gasteiger partial charge in [0, 0.05) is 23.8 Å². The zero-order valence-electron chi connectivity index (χ0n) is 18.7. The van der Waals surface area contributed by atoms with E-state index >= 15 is 0 Å². The minimum atomic E-state index is -1.08. The van der Waals surface area contributed by atoms with Gasteiger partial charge in [0.25, 0.3) is 5.91 Å². The largest absolute Gasteiger partial charge is 0.310 e. The molecule has 0 N–H and O–H groups in total. The van der Waals surface area contributed by atoms with Gasteiger partial charge >= 0.3 is 0 Å². The van der Waals surface area contributed by atoms with Crippen molar-refractivity contribution < 1.29 is 14.4 Å². The van der Waals surface area contributed by atoms with Crippen LogP contribution in [0, 0.1) is 25.7 Å². The molecule has 3 saturated heterocycles. The second-order valence-corrected chi connectivity index (χ2v) is 9.52. The van der Waals surface area contributed by atoms with Crippen molar-refractivity contribution in [2.24, 2.45) is 11.8 Å². The van der Waals surface area contributed by atoms with Gasteiger partial charge in [0.15, 0.2) is 0 Å². The first-order chi connectivity index (χ1) is 15.4. The number of hydrogen-bond acceptors (Lipinski definition) is 4. The quantitative estimate of drug-likeness (QED) is 0.688. The molecule has 2 aromatic rings. The lowest BCUT2D eigenvalue weighted by Gasteiger charge is -2.37. The van der Waals surface area contributed by atoms with Crippen LogP contribution in [0.3, 0.4) is 0 Å². The number of nitrogens with zero attached hydrogens (tertiary/aromatic N) is 3. The molecule has 3 fully saturated rings. The van der Waals surface area contributed by atoms with Crippen LogP contribution in [0.4, 0.5) is 11.4 Å². The van der Waals surface area contributed by atoms with Gasteiger partial charge in [-0.15, -0.1) is 0 Å². The number of para-hydroxylation sites is 1. The molecule has 6 nitrogen and oxygen atoms in total. The fraction of sp³-hybridized carbons (Fsp3) is 0.423. The number of anilines is 2. The average molecular weight is 430 g/mol. The molecule has 2 aromatic carbocycles. The van der Waals surface area contributed by atoms with Crippen LogP contribution >= 0.6 is 0 Å². The molecule has 0 aromatic heterocycles. The van der Waals surface area contributed by atoms with Crippen LogP contribution in [-0.2, 0) is 19.9 Å². The molecule has 32 heavy (non-hydrogen) atoms. The fourth-order valence-electron chi connectivity index (χ4n) is 6.77. The Morgan fingerprint density at radius 3 is 2.53 bits per heavy atom. The van der Waals surface area contributed by atoms with E-state index in [1.807, 2.05) is 63.2 Å². The van der Waals surface area contributed by atoms with Crippen LogP contribution in [0.25, 0.3) is 0 Å². The van der Waals surface area contributed by atoms with E-state index in [1.54, 1.807) is 4.90 Å². The summed E-state index contributed by atoms with van der Waals surface area (Å²) in [6, 6.07) is 13.4. The molecule has 0 radical (unpaired) electrons. The van der Waals surface area contributed by atoms with E-state index in [9.17, 15) is 14.4 Å². The second-order valence-electron chi connectivity index (χ2n) is 9.52. The van der Waals surface area contributed by atoms with Crippen molar-refractivity contribution in [1.82, 2.24) is 4.90 Å². The molecular weight excluding hydrogens is 402 g/mol. The van der Waals surface area contributed by atoms with Gasteiger partial charge in [0.05, 0.1) is 17.5 Å². The molecule has 0 saturated carbocycles. The maximum Gasteiger partial charge on any atom is 0.253 e. The van der Waals surface area contributed by atoms with Gasteiger partial charge in [0.2, 0.25) is 11.8 Å². The van der Waals surface area contributed by atoms with Gasteiger partial charge in [-0.2, -0.15) is 0 Å². The van der Waals surface area contributed by atoms with Gasteiger partial charge in [0.1, 0.15) is 5.54 Å². The molecule has 0 aliphatic carbocycles. The monoisotopic (exact) mass is 429 g/mol. The van der Waals surface area contributed by atoms with E-state index in [0.29, 0.717) is 12.2 Å². The lowest BCUT2D eigenvalue weighted by Crippen LogP contribution is -2.56. The van der Waals surface area contributed by atoms with Gasteiger partial charge in [-0.05, 0) is 69.5 Å². The molecule has 4 heterocycles. The highest BCUT2D eigenvalue weighted by atomic mass is 16.2. The molecule has 0 bridgehead atoms. The Kier molecular flexibility index (Phi) is 4.01. The zero-order chi connectivity index (χ0) is 22.4. The summed E-state index contributed by atoms with van der Waals surface area (Å²) in [5.41, 5.74) is 3.44. The summed E-state index contributed by atoms with van der Waals surface area (Å²) in [5.74, 6) is -1.62. The van der Waals surface area contributed by atoms with Gasteiger partial charge in [-0.3, -0.25) is 19.3 Å². The molecule has 0 unspecified atom stereocenters. The maximum absolute atomic E-state index is 14.1. The van der Waals surface area contributed by atoms with Crippen LogP contribution in [-0.4, -0.2) is 41.8 Å². The minimum Gasteiger partial charge on any atom is -0.310 e. The van der Waals surface area contributed by atoms with Crippen molar-refractivity contribution in [2.45, 2.75) is 45.2 Å². The van der Waals surface area contributed by atoms with E-state index in [4.69, 9.17) is 0 Å². The van der Waals surface area contributed by atoms with Crippen molar-refractivity contribution in [3.63, 3.8) is 0 Å². The first-order valence-corrected chi connectivity index (χ1v) is 11.6.